The van der Waals surface area contributed by atoms with Gasteiger partial charge in [0, 0.05) is 18.0 Å². The molecule has 2 aliphatic rings. The Morgan fingerprint density at radius 3 is 2.85 bits per heavy atom. The quantitative estimate of drug-likeness (QED) is 0.514. The standard InChI is InChI=1S/C24H26N4O5/c1-30-17-6-7-20-19(13-17)23(27-15-26-20)25-9-3-2-4-18-14-28(24(29)33-18)16-5-8-21-22(12-16)32-11-10-31-21/h5-8,12-13,15,18H,2-4,9-11,14H2,1H3,(H,25,26,27)/t18-/m1/s1. The molecule has 0 unspecified atom stereocenters. The molecule has 1 aromatic heterocycles. The van der Waals surface area contributed by atoms with E-state index in [0.717, 1.165) is 54.0 Å². The van der Waals surface area contributed by atoms with E-state index >= 15 is 0 Å². The molecule has 33 heavy (non-hydrogen) atoms. The minimum absolute atomic E-state index is 0.130. The Kier molecular flexibility index (Phi) is 6.01. The zero-order chi connectivity index (χ0) is 22.6. The summed E-state index contributed by atoms with van der Waals surface area (Å²) in [6.45, 7) is 2.34. The molecule has 5 rings (SSSR count). The normalized spacial score (nSPS) is 17.2. The third kappa shape index (κ3) is 4.57. The van der Waals surface area contributed by atoms with E-state index in [2.05, 4.69) is 15.3 Å². The Morgan fingerprint density at radius 2 is 1.97 bits per heavy atom. The Labute approximate surface area is 191 Å². The van der Waals surface area contributed by atoms with Crippen LogP contribution in [0.3, 0.4) is 0 Å². The predicted molar refractivity (Wildman–Crippen MR) is 123 cm³/mol. The van der Waals surface area contributed by atoms with Crippen LogP contribution in [0.2, 0.25) is 0 Å². The van der Waals surface area contributed by atoms with Crippen LogP contribution in [-0.2, 0) is 4.74 Å². The average molecular weight is 450 g/mol. The van der Waals surface area contributed by atoms with Crippen LogP contribution in [0.15, 0.2) is 42.7 Å². The molecule has 1 fully saturated rings. The first-order chi connectivity index (χ1) is 16.2. The average Bonchev–Trinajstić information content (AvgIpc) is 3.23. The molecule has 0 aliphatic carbocycles. The van der Waals surface area contributed by atoms with Gasteiger partial charge in [-0.2, -0.15) is 0 Å². The van der Waals surface area contributed by atoms with Crippen molar-refractivity contribution in [3.05, 3.63) is 42.7 Å². The number of nitrogens with zero attached hydrogens (tertiary/aromatic N) is 3. The number of anilines is 2. The topological polar surface area (TPSA) is 95.0 Å². The van der Waals surface area contributed by atoms with Gasteiger partial charge in [-0.1, -0.05) is 0 Å². The summed E-state index contributed by atoms with van der Waals surface area (Å²) in [4.78, 5) is 22.7. The molecular formula is C24H26N4O5. The maximum Gasteiger partial charge on any atom is 0.414 e. The third-order valence-corrected chi connectivity index (χ3v) is 5.80. The number of hydrogen-bond donors (Lipinski definition) is 1. The summed E-state index contributed by atoms with van der Waals surface area (Å²) in [5.41, 5.74) is 1.63. The largest absolute Gasteiger partial charge is 0.497 e. The predicted octanol–water partition coefficient (Wildman–Crippen LogP) is 4.02. The Balaban J connectivity index is 1.11. The van der Waals surface area contributed by atoms with Gasteiger partial charge in [-0.3, -0.25) is 4.90 Å². The van der Waals surface area contributed by atoms with E-state index in [-0.39, 0.29) is 12.2 Å². The Bertz CT molecular complexity index is 1150. The van der Waals surface area contributed by atoms with Crippen LogP contribution >= 0.6 is 0 Å². The molecule has 0 saturated carbocycles. The molecule has 172 valence electrons. The SMILES string of the molecule is COc1ccc2ncnc(NCCCC[C@@H]3CN(c4ccc5c(c4)OCCO5)C(=O)O3)c2c1. The molecule has 0 radical (unpaired) electrons. The van der Waals surface area contributed by atoms with Crippen molar-refractivity contribution in [1.82, 2.24) is 9.97 Å². The second-order valence-electron chi connectivity index (χ2n) is 7.97. The molecule has 1 saturated heterocycles. The minimum Gasteiger partial charge on any atom is -0.497 e. The van der Waals surface area contributed by atoms with Crippen LogP contribution in [-0.4, -0.2) is 55.6 Å². The van der Waals surface area contributed by atoms with Gasteiger partial charge < -0.3 is 24.3 Å². The smallest absolute Gasteiger partial charge is 0.414 e. The van der Waals surface area contributed by atoms with Crippen LogP contribution in [0.1, 0.15) is 19.3 Å². The van der Waals surface area contributed by atoms with Crippen molar-refractivity contribution in [1.29, 1.82) is 0 Å². The van der Waals surface area contributed by atoms with Crippen LogP contribution in [0.25, 0.3) is 10.9 Å². The summed E-state index contributed by atoms with van der Waals surface area (Å²) in [5.74, 6) is 2.93. The van der Waals surface area contributed by atoms with Crippen molar-refractivity contribution in [3.63, 3.8) is 0 Å². The first kappa shape index (κ1) is 21.1. The highest BCUT2D eigenvalue weighted by atomic mass is 16.6. The summed E-state index contributed by atoms with van der Waals surface area (Å²) < 4.78 is 22.1. The molecule has 9 heteroatoms. The second kappa shape index (κ2) is 9.40. The van der Waals surface area contributed by atoms with Crippen molar-refractivity contribution in [2.45, 2.75) is 25.4 Å². The molecule has 1 amide bonds. The fourth-order valence-corrected chi connectivity index (χ4v) is 4.09. The van der Waals surface area contributed by atoms with E-state index in [1.807, 2.05) is 36.4 Å². The molecule has 9 nitrogen and oxygen atoms in total. The fourth-order valence-electron chi connectivity index (χ4n) is 4.09. The summed E-state index contributed by atoms with van der Waals surface area (Å²) in [6.07, 6.45) is 3.75. The number of benzene rings is 2. The van der Waals surface area contributed by atoms with Gasteiger partial charge in [0.1, 0.15) is 37.2 Å². The van der Waals surface area contributed by atoms with E-state index in [1.54, 1.807) is 18.3 Å². The van der Waals surface area contributed by atoms with E-state index in [1.165, 1.54) is 0 Å². The van der Waals surface area contributed by atoms with Crippen LogP contribution < -0.4 is 24.4 Å². The Hall–Kier alpha value is -3.75. The molecule has 1 atom stereocenters. The van der Waals surface area contributed by atoms with Crippen LogP contribution in [0, 0.1) is 0 Å². The molecule has 1 N–H and O–H groups in total. The van der Waals surface area contributed by atoms with Gasteiger partial charge in [0.2, 0.25) is 0 Å². The highest BCUT2D eigenvalue weighted by molar-refractivity contribution is 5.90. The first-order valence-corrected chi connectivity index (χ1v) is 11.1. The maximum atomic E-state index is 12.4. The van der Waals surface area contributed by atoms with Gasteiger partial charge in [-0.25, -0.2) is 14.8 Å². The number of ether oxygens (including phenoxy) is 4. The number of cyclic esters (lactones) is 1. The van der Waals surface area contributed by atoms with Gasteiger partial charge in [0.25, 0.3) is 0 Å². The van der Waals surface area contributed by atoms with Crippen LogP contribution in [0.4, 0.5) is 16.3 Å². The van der Waals surface area contributed by atoms with Gasteiger partial charge >= 0.3 is 6.09 Å². The zero-order valence-electron chi connectivity index (χ0n) is 18.5. The van der Waals surface area contributed by atoms with Gasteiger partial charge in [0.15, 0.2) is 11.5 Å². The number of methoxy groups -OCH3 is 1. The monoisotopic (exact) mass is 450 g/mol. The lowest BCUT2D eigenvalue weighted by Gasteiger charge is -2.21. The number of carbonyl (C=O) groups is 1. The summed E-state index contributed by atoms with van der Waals surface area (Å²) >= 11 is 0. The van der Waals surface area contributed by atoms with Crippen molar-refractivity contribution in [2.75, 3.05) is 43.6 Å². The lowest BCUT2D eigenvalue weighted by molar-refractivity contribution is 0.135. The summed E-state index contributed by atoms with van der Waals surface area (Å²) in [7, 11) is 1.64. The first-order valence-electron chi connectivity index (χ1n) is 11.1. The molecule has 2 aliphatic heterocycles. The summed E-state index contributed by atoms with van der Waals surface area (Å²) in [5, 5.41) is 4.31. The van der Waals surface area contributed by atoms with Gasteiger partial charge in [-0.05, 0) is 49.6 Å². The molecular weight excluding hydrogens is 424 g/mol. The lowest BCUT2D eigenvalue weighted by atomic mass is 10.1. The number of unbranched alkanes of at least 4 members (excludes halogenated alkanes) is 1. The summed E-state index contributed by atoms with van der Waals surface area (Å²) in [6, 6.07) is 11.3. The van der Waals surface area contributed by atoms with Gasteiger partial charge in [-0.15, -0.1) is 0 Å². The number of amides is 1. The van der Waals surface area contributed by atoms with Crippen molar-refractivity contribution in [2.24, 2.45) is 0 Å². The van der Waals surface area contributed by atoms with E-state index in [4.69, 9.17) is 18.9 Å². The third-order valence-electron chi connectivity index (χ3n) is 5.80. The van der Waals surface area contributed by atoms with E-state index in [9.17, 15) is 4.79 Å². The number of fused-ring (bicyclic) bond motifs is 2. The van der Waals surface area contributed by atoms with Gasteiger partial charge in [0.05, 0.1) is 24.9 Å². The molecule has 3 heterocycles. The van der Waals surface area contributed by atoms with Crippen molar-refractivity contribution in [3.8, 4) is 17.2 Å². The van der Waals surface area contributed by atoms with Crippen molar-refractivity contribution < 1.29 is 23.7 Å². The van der Waals surface area contributed by atoms with E-state index < -0.39 is 0 Å². The number of hydrogen-bond acceptors (Lipinski definition) is 8. The number of aromatic nitrogens is 2. The molecule has 2 aromatic carbocycles. The van der Waals surface area contributed by atoms with Crippen molar-refractivity contribution >= 4 is 28.5 Å². The highest BCUT2D eigenvalue weighted by Gasteiger charge is 2.32. The highest BCUT2D eigenvalue weighted by Crippen LogP contribution is 2.35. The molecule has 0 bridgehead atoms. The molecule has 3 aromatic rings. The van der Waals surface area contributed by atoms with E-state index in [0.29, 0.717) is 31.3 Å². The Morgan fingerprint density at radius 1 is 1.09 bits per heavy atom. The minimum atomic E-state index is -0.323. The number of nitrogens with one attached hydrogen (secondary N) is 1. The fraction of sp³-hybridized carbons (Fsp3) is 0.375. The maximum absolute atomic E-state index is 12.4. The second-order valence-corrected chi connectivity index (χ2v) is 7.97. The number of rotatable bonds is 8. The zero-order valence-corrected chi connectivity index (χ0v) is 18.5. The number of carbonyl (C=O) groups excluding carboxylic acids is 1. The molecule has 0 spiro atoms. The lowest BCUT2D eigenvalue weighted by Crippen LogP contribution is -2.25. The van der Waals surface area contributed by atoms with Crippen LogP contribution in [0.5, 0.6) is 17.2 Å².